The van der Waals surface area contributed by atoms with Crippen LogP contribution in [0.1, 0.15) is 309 Å². The molecule has 0 aliphatic heterocycles. The predicted octanol–water partition coefficient (Wildman–Crippen LogP) is 18.0. The first-order chi connectivity index (χ1) is 32.5. The number of aliphatic hydroxyl groups is 2. The molecule has 2 unspecified atom stereocenters. The average Bonchev–Trinajstić information content (AvgIpc) is 3.32. The normalized spacial score (nSPS) is 12.8. The molecule has 2 atom stereocenters. The van der Waals surface area contributed by atoms with Crippen LogP contribution in [0, 0.1) is 0 Å². The van der Waals surface area contributed by atoms with Gasteiger partial charge in [-0.1, -0.05) is 275 Å². The Balaban J connectivity index is 3.49. The highest BCUT2D eigenvalue weighted by molar-refractivity contribution is 5.76. The summed E-state index contributed by atoms with van der Waals surface area (Å²) in [6, 6.07) is -0.638. The highest BCUT2D eigenvalue weighted by Crippen LogP contribution is 2.17. The van der Waals surface area contributed by atoms with Gasteiger partial charge in [0.05, 0.1) is 25.4 Å². The maximum atomic E-state index is 12.5. The second kappa shape index (κ2) is 55.7. The fourth-order valence-corrected chi connectivity index (χ4v) is 8.91. The van der Waals surface area contributed by atoms with Gasteiger partial charge in [-0.3, -0.25) is 9.59 Å². The summed E-state index contributed by atoms with van der Waals surface area (Å²) in [5, 5.41) is 23.2. The van der Waals surface area contributed by atoms with E-state index in [0.717, 1.165) is 70.6 Å². The van der Waals surface area contributed by atoms with Crippen molar-refractivity contribution in [2.24, 2.45) is 0 Å². The van der Waals surface area contributed by atoms with E-state index in [9.17, 15) is 19.8 Å². The van der Waals surface area contributed by atoms with E-state index in [-0.39, 0.29) is 18.5 Å². The van der Waals surface area contributed by atoms with Crippen molar-refractivity contribution in [3.8, 4) is 0 Å². The smallest absolute Gasteiger partial charge is 0.305 e. The first-order valence-corrected chi connectivity index (χ1v) is 29.3. The minimum Gasteiger partial charge on any atom is -0.466 e. The molecule has 66 heavy (non-hydrogen) atoms. The Morgan fingerprint density at radius 2 is 0.788 bits per heavy atom. The highest BCUT2D eigenvalue weighted by Gasteiger charge is 2.18. The van der Waals surface area contributed by atoms with Crippen molar-refractivity contribution >= 4 is 11.9 Å². The summed E-state index contributed by atoms with van der Waals surface area (Å²) in [5.41, 5.74) is 0. The number of hydrogen-bond donors (Lipinski definition) is 3. The Bertz CT molecular complexity index is 1070. The lowest BCUT2D eigenvalue weighted by atomic mass is 10.0. The van der Waals surface area contributed by atoms with Crippen molar-refractivity contribution in [2.45, 2.75) is 321 Å². The number of aliphatic hydroxyl groups excluding tert-OH is 2. The van der Waals surface area contributed by atoms with E-state index in [2.05, 4.69) is 43.5 Å². The van der Waals surface area contributed by atoms with E-state index < -0.39 is 12.1 Å². The van der Waals surface area contributed by atoms with Crippen LogP contribution in [0.2, 0.25) is 0 Å². The molecule has 0 fully saturated rings. The standard InChI is InChI=1S/C60H113NO5/c1-3-5-7-9-11-13-15-17-18-19-20-21-22-23-24-25-29-32-36-40-44-48-52-58(63)57(56-62)61-59(64)53-49-45-41-37-33-30-26-27-31-35-39-43-47-51-55-66-60(65)54-50-46-42-38-34-28-16-14-12-10-8-6-4-2/h8,10,14,16,48,52,57-58,62-63H,3-7,9,11-13,15,17-47,49-51,53-56H2,1-2H3,(H,61,64)/b10-8-,16-14-,52-48+. The molecule has 0 radical (unpaired) electrons. The van der Waals surface area contributed by atoms with E-state index in [4.69, 9.17) is 4.74 Å². The van der Waals surface area contributed by atoms with Crippen molar-refractivity contribution in [1.29, 1.82) is 0 Å². The van der Waals surface area contributed by atoms with Crippen LogP contribution < -0.4 is 5.32 Å². The zero-order valence-electron chi connectivity index (χ0n) is 44.2. The third-order valence-corrected chi connectivity index (χ3v) is 13.4. The summed E-state index contributed by atoms with van der Waals surface area (Å²) >= 11 is 0. The summed E-state index contributed by atoms with van der Waals surface area (Å²) in [7, 11) is 0. The molecule has 3 N–H and O–H groups in total. The topological polar surface area (TPSA) is 95.9 Å². The number of rotatable bonds is 54. The third-order valence-electron chi connectivity index (χ3n) is 13.4. The Labute approximate surface area is 411 Å². The molecular formula is C60H113NO5. The molecule has 388 valence electrons. The van der Waals surface area contributed by atoms with Crippen LogP contribution in [0.5, 0.6) is 0 Å². The molecular weight excluding hydrogens is 815 g/mol. The van der Waals surface area contributed by atoms with Crippen LogP contribution in [0.4, 0.5) is 0 Å². The zero-order chi connectivity index (χ0) is 47.9. The van der Waals surface area contributed by atoms with Crippen molar-refractivity contribution < 1.29 is 24.5 Å². The van der Waals surface area contributed by atoms with Crippen LogP contribution in [-0.4, -0.2) is 47.4 Å². The van der Waals surface area contributed by atoms with Crippen LogP contribution in [0.15, 0.2) is 36.5 Å². The van der Waals surface area contributed by atoms with Crippen molar-refractivity contribution in [3.05, 3.63) is 36.5 Å². The summed E-state index contributed by atoms with van der Waals surface area (Å²) in [5.74, 6) is -0.0956. The van der Waals surface area contributed by atoms with Crippen molar-refractivity contribution in [1.82, 2.24) is 5.32 Å². The van der Waals surface area contributed by atoms with Gasteiger partial charge < -0.3 is 20.3 Å². The minimum atomic E-state index is -0.853. The second-order valence-electron chi connectivity index (χ2n) is 20.0. The molecule has 0 saturated heterocycles. The fraction of sp³-hybridized carbons (Fsp3) is 0.867. The first kappa shape index (κ1) is 64.1. The summed E-state index contributed by atoms with van der Waals surface area (Å²) in [6.07, 6.45) is 68.8. The molecule has 0 aromatic heterocycles. The predicted molar refractivity (Wildman–Crippen MR) is 287 cm³/mol. The molecule has 0 aromatic carbocycles. The van der Waals surface area contributed by atoms with Gasteiger partial charge in [-0.2, -0.15) is 0 Å². The van der Waals surface area contributed by atoms with Gasteiger partial charge in [-0.05, 0) is 57.8 Å². The molecule has 0 aliphatic rings. The number of hydrogen-bond acceptors (Lipinski definition) is 5. The number of ether oxygens (including phenoxy) is 1. The van der Waals surface area contributed by atoms with Gasteiger partial charge in [0.25, 0.3) is 0 Å². The number of carbonyl (C=O) groups is 2. The Morgan fingerprint density at radius 1 is 0.424 bits per heavy atom. The van der Waals surface area contributed by atoms with Gasteiger partial charge in [0.2, 0.25) is 5.91 Å². The number of allylic oxidation sites excluding steroid dienone is 5. The average molecular weight is 929 g/mol. The molecule has 0 spiro atoms. The first-order valence-electron chi connectivity index (χ1n) is 29.3. The van der Waals surface area contributed by atoms with Crippen LogP contribution in [0.25, 0.3) is 0 Å². The SMILES string of the molecule is CCC/C=C\C/C=C\CCCCCCCC(=O)OCCCCCCCCCCCCCCCCC(=O)NC(CO)C(O)/C=C/CCCCCCCCCCCCCCCCCCCCCC. The number of amides is 1. The molecule has 0 rings (SSSR count). The van der Waals surface area contributed by atoms with E-state index in [1.165, 1.54) is 212 Å². The Kier molecular flexibility index (Phi) is 54.1. The van der Waals surface area contributed by atoms with Crippen LogP contribution in [0.3, 0.4) is 0 Å². The Morgan fingerprint density at radius 3 is 1.21 bits per heavy atom. The largest absolute Gasteiger partial charge is 0.466 e. The van der Waals surface area contributed by atoms with Gasteiger partial charge in [0.1, 0.15) is 0 Å². The minimum absolute atomic E-state index is 0.0186. The molecule has 0 bridgehead atoms. The van der Waals surface area contributed by atoms with Crippen molar-refractivity contribution in [3.63, 3.8) is 0 Å². The van der Waals surface area contributed by atoms with Gasteiger partial charge in [0, 0.05) is 12.8 Å². The van der Waals surface area contributed by atoms with E-state index in [1.54, 1.807) is 6.08 Å². The highest BCUT2D eigenvalue weighted by atomic mass is 16.5. The molecule has 0 aromatic rings. The van der Waals surface area contributed by atoms with E-state index >= 15 is 0 Å². The maximum Gasteiger partial charge on any atom is 0.305 e. The molecule has 0 heterocycles. The molecule has 0 saturated carbocycles. The number of esters is 1. The Hall–Kier alpha value is -1.92. The van der Waals surface area contributed by atoms with Gasteiger partial charge in [0.15, 0.2) is 0 Å². The fourth-order valence-electron chi connectivity index (χ4n) is 8.91. The number of carbonyl (C=O) groups excluding carboxylic acids is 2. The molecule has 0 aliphatic carbocycles. The monoisotopic (exact) mass is 928 g/mol. The van der Waals surface area contributed by atoms with E-state index in [1.807, 2.05) is 6.08 Å². The second-order valence-corrected chi connectivity index (χ2v) is 20.0. The maximum absolute atomic E-state index is 12.5. The lowest BCUT2D eigenvalue weighted by Crippen LogP contribution is -2.45. The lowest BCUT2D eigenvalue weighted by molar-refractivity contribution is -0.143. The lowest BCUT2D eigenvalue weighted by Gasteiger charge is -2.20. The molecule has 6 heteroatoms. The van der Waals surface area contributed by atoms with Crippen molar-refractivity contribution in [2.75, 3.05) is 13.2 Å². The zero-order valence-corrected chi connectivity index (χ0v) is 44.2. The van der Waals surface area contributed by atoms with Gasteiger partial charge >= 0.3 is 5.97 Å². The van der Waals surface area contributed by atoms with E-state index in [0.29, 0.717) is 19.4 Å². The number of unbranched alkanes of at least 4 members (excludes halogenated alkanes) is 39. The molecule has 1 amide bonds. The van der Waals surface area contributed by atoms with Crippen LogP contribution in [-0.2, 0) is 14.3 Å². The summed E-state index contributed by atoms with van der Waals surface area (Å²) < 4.78 is 5.45. The number of nitrogens with one attached hydrogen (secondary N) is 1. The molecule has 6 nitrogen and oxygen atoms in total. The van der Waals surface area contributed by atoms with Gasteiger partial charge in [-0.25, -0.2) is 0 Å². The summed E-state index contributed by atoms with van der Waals surface area (Å²) in [6.45, 7) is 4.82. The third kappa shape index (κ3) is 51.5. The van der Waals surface area contributed by atoms with Crippen LogP contribution >= 0.6 is 0 Å². The summed E-state index contributed by atoms with van der Waals surface area (Å²) in [4.78, 5) is 24.5. The quantitative estimate of drug-likeness (QED) is 0.0321. The van der Waals surface area contributed by atoms with Gasteiger partial charge in [-0.15, -0.1) is 0 Å².